The molecule has 3 heteroatoms. The van der Waals surface area contributed by atoms with Crippen LogP contribution in [0.4, 0.5) is 0 Å². The second-order valence-electron chi connectivity index (χ2n) is 8.74. The third-order valence-electron chi connectivity index (χ3n) is 6.01. The van der Waals surface area contributed by atoms with Crippen LogP contribution in [0.15, 0.2) is 24.3 Å². The lowest BCUT2D eigenvalue weighted by molar-refractivity contribution is 0.0542. The summed E-state index contributed by atoms with van der Waals surface area (Å²) >= 11 is 0. The van der Waals surface area contributed by atoms with Gasteiger partial charge in [0.25, 0.3) is 0 Å². The lowest BCUT2D eigenvalue weighted by Gasteiger charge is -2.44. The largest absolute Gasteiger partial charge is 0.496 e. The van der Waals surface area contributed by atoms with Gasteiger partial charge in [0.1, 0.15) is 22.8 Å². The van der Waals surface area contributed by atoms with Gasteiger partial charge in [-0.25, -0.2) is 0 Å². The third-order valence-corrected chi connectivity index (χ3v) is 6.01. The number of fused-ring (bicyclic) bond motifs is 1. The van der Waals surface area contributed by atoms with Crippen LogP contribution < -0.4 is 14.2 Å². The molecular weight excluding hydrogens is 324 g/mol. The highest BCUT2D eigenvalue weighted by molar-refractivity contribution is 5.54. The smallest absolute Gasteiger partial charge is 0.131 e. The van der Waals surface area contributed by atoms with Crippen molar-refractivity contribution < 1.29 is 14.2 Å². The fraction of sp³-hybridized carbons (Fsp3) is 0.652. The van der Waals surface area contributed by atoms with Gasteiger partial charge >= 0.3 is 0 Å². The molecule has 0 bridgehead atoms. The maximum absolute atomic E-state index is 6.64. The zero-order chi connectivity index (χ0) is 18.9. The molecule has 1 spiro atoms. The molecule has 3 nitrogen and oxygen atoms in total. The molecule has 0 fully saturated rings. The van der Waals surface area contributed by atoms with Gasteiger partial charge in [0.05, 0.1) is 14.2 Å². The Morgan fingerprint density at radius 2 is 1.92 bits per heavy atom. The average molecular weight is 359 g/mol. The minimum absolute atomic E-state index is 0.185. The Hall–Kier alpha value is -1.64. The molecule has 0 aromatic heterocycles. The number of methoxy groups -OCH3 is 2. The van der Waals surface area contributed by atoms with Crippen LogP contribution in [-0.2, 0) is 0 Å². The van der Waals surface area contributed by atoms with Crippen LogP contribution in [0.5, 0.6) is 17.2 Å². The van der Waals surface area contributed by atoms with Crippen molar-refractivity contribution >= 4 is 0 Å². The first-order valence-corrected chi connectivity index (χ1v) is 10.0. The van der Waals surface area contributed by atoms with Crippen LogP contribution in [0.1, 0.15) is 64.9 Å². The standard InChI is InChI=1S/C23H34O3/c1-15(2)11-18-14-23(9-7-17(8-10-23)16(3)4)26-21-13-19(24-5)12-20(25-6)22(18)21/h7,9,12-13,15-18H,8,10-11,14H2,1-6H3/t17-,18-,23+/m1/s1. The Morgan fingerprint density at radius 1 is 1.15 bits per heavy atom. The van der Waals surface area contributed by atoms with Gasteiger partial charge < -0.3 is 14.2 Å². The van der Waals surface area contributed by atoms with Crippen LogP contribution in [-0.4, -0.2) is 19.8 Å². The minimum Gasteiger partial charge on any atom is -0.496 e. The number of ether oxygens (including phenoxy) is 3. The molecule has 2 aliphatic rings. The Morgan fingerprint density at radius 3 is 2.46 bits per heavy atom. The SMILES string of the molecule is COc1cc(OC)c2c(c1)O[C@]1(C=C[C@@H](C(C)C)CC1)C[C@H]2CC(C)C. The fourth-order valence-corrected chi connectivity index (χ4v) is 4.60. The predicted octanol–water partition coefficient (Wildman–Crippen LogP) is 5.98. The molecule has 26 heavy (non-hydrogen) atoms. The monoisotopic (exact) mass is 358 g/mol. The first-order valence-electron chi connectivity index (χ1n) is 10.0. The Balaban J connectivity index is 2.01. The van der Waals surface area contributed by atoms with Gasteiger partial charge in [-0.3, -0.25) is 0 Å². The quantitative estimate of drug-likeness (QED) is 0.606. The van der Waals surface area contributed by atoms with Crippen molar-refractivity contribution in [2.45, 2.75) is 64.9 Å². The van der Waals surface area contributed by atoms with Gasteiger partial charge in [-0.2, -0.15) is 0 Å². The molecule has 0 saturated heterocycles. The first-order chi connectivity index (χ1) is 12.4. The van der Waals surface area contributed by atoms with Crippen molar-refractivity contribution in [3.63, 3.8) is 0 Å². The second-order valence-corrected chi connectivity index (χ2v) is 8.74. The molecule has 0 N–H and O–H groups in total. The molecule has 1 aromatic carbocycles. The second kappa shape index (κ2) is 7.54. The Labute approximate surface area is 158 Å². The third kappa shape index (κ3) is 3.72. The summed E-state index contributed by atoms with van der Waals surface area (Å²) in [5.41, 5.74) is 1.03. The fourth-order valence-electron chi connectivity index (χ4n) is 4.60. The summed E-state index contributed by atoms with van der Waals surface area (Å²) in [6.45, 7) is 9.20. The van der Waals surface area contributed by atoms with Crippen LogP contribution in [0.3, 0.4) is 0 Å². The summed E-state index contributed by atoms with van der Waals surface area (Å²) in [5.74, 6) is 5.04. The molecule has 1 aliphatic heterocycles. The lowest BCUT2D eigenvalue weighted by atomic mass is 9.72. The summed E-state index contributed by atoms with van der Waals surface area (Å²) in [6.07, 6.45) is 9.19. The molecule has 0 radical (unpaired) electrons. The number of rotatable bonds is 5. The highest BCUT2D eigenvalue weighted by Gasteiger charge is 2.43. The van der Waals surface area contributed by atoms with E-state index in [2.05, 4.69) is 39.8 Å². The first kappa shape index (κ1) is 19.1. The van der Waals surface area contributed by atoms with Crippen molar-refractivity contribution in [1.82, 2.24) is 0 Å². The van der Waals surface area contributed by atoms with Crippen molar-refractivity contribution in [1.29, 1.82) is 0 Å². The summed E-state index contributed by atoms with van der Waals surface area (Å²) in [5, 5.41) is 0. The van der Waals surface area contributed by atoms with Crippen molar-refractivity contribution in [2.75, 3.05) is 14.2 Å². The van der Waals surface area contributed by atoms with E-state index in [0.717, 1.165) is 36.5 Å². The minimum atomic E-state index is -0.185. The predicted molar refractivity (Wildman–Crippen MR) is 106 cm³/mol. The molecule has 1 aliphatic carbocycles. The summed E-state index contributed by atoms with van der Waals surface area (Å²) in [7, 11) is 3.43. The lowest BCUT2D eigenvalue weighted by Crippen LogP contribution is -2.42. The number of allylic oxidation sites excluding steroid dienone is 1. The van der Waals surface area contributed by atoms with E-state index < -0.39 is 0 Å². The number of hydrogen-bond acceptors (Lipinski definition) is 3. The van der Waals surface area contributed by atoms with Gasteiger partial charge in [0, 0.05) is 17.7 Å². The van der Waals surface area contributed by atoms with Gasteiger partial charge in [0.2, 0.25) is 0 Å². The van der Waals surface area contributed by atoms with E-state index in [-0.39, 0.29) is 5.60 Å². The molecule has 1 heterocycles. The molecular formula is C23H34O3. The zero-order valence-corrected chi connectivity index (χ0v) is 17.2. The van der Waals surface area contributed by atoms with Crippen LogP contribution in [0, 0.1) is 17.8 Å². The molecule has 3 atom stereocenters. The topological polar surface area (TPSA) is 27.7 Å². The molecule has 0 unspecified atom stereocenters. The molecule has 3 rings (SSSR count). The maximum atomic E-state index is 6.64. The average Bonchev–Trinajstić information content (AvgIpc) is 2.60. The Kier molecular flexibility index (Phi) is 5.55. The summed E-state index contributed by atoms with van der Waals surface area (Å²) < 4.78 is 17.8. The molecule has 0 saturated carbocycles. The van der Waals surface area contributed by atoms with E-state index in [1.807, 2.05) is 12.1 Å². The van der Waals surface area contributed by atoms with E-state index in [1.165, 1.54) is 12.0 Å². The van der Waals surface area contributed by atoms with Crippen molar-refractivity contribution in [3.8, 4) is 17.2 Å². The van der Waals surface area contributed by atoms with E-state index in [4.69, 9.17) is 14.2 Å². The van der Waals surface area contributed by atoms with E-state index in [9.17, 15) is 0 Å². The number of benzene rings is 1. The molecule has 1 aromatic rings. The molecule has 144 valence electrons. The van der Waals surface area contributed by atoms with Crippen molar-refractivity contribution in [3.05, 3.63) is 29.8 Å². The van der Waals surface area contributed by atoms with Crippen LogP contribution >= 0.6 is 0 Å². The van der Waals surface area contributed by atoms with Crippen molar-refractivity contribution in [2.24, 2.45) is 17.8 Å². The van der Waals surface area contributed by atoms with Gasteiger partial charge in [-0.15, -0.1) is 0 Å². The summed E-state index contributed by atoms with van der Waals surface area (Å²) in [6, 6.07) is 4.02. The van der Waals surface area contributed by atoms with Gasteiger partial charge in [0.15, 0.2) is 0 Å². The van der Waals surface area contributed by atoms with E-state index >= 15 is 0 Å². The number of hydrogen-bond donors (Lipinski definition) is 0. The maximum Gasteiger partial charge on any atom is 0.131 e. The zero-order valence-electron chi connectivity index (χ0n) is 17.2. The molecule has 0 amide bonds. The highest BCUT2D eigenvalue weighted by atomic mass is 16.5. The van der Waals surface area contributed by atoms with E-state index in [0.29, 0.717) is 23.7 Å². The summed E-state index contributed by atoms with van der Waals surface area (Å²) in [4.78, 5) is 0. The van der Waals surface area contributed by atoms with E-state index in [1.54, 1.807) is 14.2 Å². The Bertz CT molecular complexity index is 662. The van der Waals surface area contributed by atoms with Gasteiger partial charge in [-0.1, -0.05) is 33.8 Å². The van der Waals surface area contributed by atoms with Crippen LogP contribution in [0.25, 0.3) is 0 Å². The normalized spacial score (nSPS) is 27.5. The van der Waals surface area contributed by atoms with Gasteiger partial charge in [-0.05, 0) is 55.4 Å². The highest BCUT2D eigenvalue weighted by Crippen LogP contribution is 2.52. The van der Waals surface area contributed by atoms with Crippen LogP contribution in [0.2, 0.25) is 0 Å².